The summed E-state index contributed by atoms with van der Waals surface area (Å²) in [6.45, 7) is 8.80. The van der Waals surface area contributed by atoms with Crippen LogP contribution in [0.2, 0.25) is 0 Å². The maximum absolute atomic E-state index is 11.3. The lowest BCUT2D eigenvalue weighted by Gasteiger charge is -2.62. The summed E-state index contributed by atoms with van der Waals surface area (Å²) in [5.74, 6) is 1.32. The van der Waals surface area contributed by atoms with E-state index in [0.29, 0.717) is 41.9 Å². The lowest BCUT2D eigenvalue weighted by molar-refractivity contribution is -0.174. The van der Waals surface area contributed by atoms with Crippen molar-refractivity contribution in [3.8, 4) is 0 Å². The Morgan fingerprint density at radius 1 is 0.938 bits per heavy atom. The van der Waals surface area contributed by atoms with Gasteiger partial charge in [0.05, 0.1) is 24.2 Å². The highest BCUT2D eigenvalue weighted by molar-refractivity contribution is 5.70. The first-order valence-corrected chi connectivity index (χ1v) is 13.3. The quantitative estimate of drug-likeness (QED) is 0.478. The summed E-state index contributed by atoms with van der Waals surface area (Å²) < 4.78 is 0. The van der Waals surface area contributed by atoms with Gasteiger partial charge in [0, 0.05) is 0 Å². The molecule has 0 radical (unpaired) electrons. The van der Waals surface area contributed by atoms with Crippen LogP contribution in [0.5, 0.6) is 0 Å². The zero-order chi connectivity index (χ0) is 23.4. The predicted molar refractivity (Wildman–Crippen MR) is 124 cm³/mol. The number of carboxylic acid groups (broad SMARTS) is 1. The van der Waals surface area contributed by atoms with Gasteiger partial charge in [0.2, 0.25) is 0 Å². The zero-order valence-electron chi connectivity index (χ0n) is 20.5. The van der Waals surface area contributed by atoms with Crippen molar-refractivity contribution in [2.24, 2.45) is 52.3 Å². The number of aliphatic hydroxyl groups excluding tert-OH is 3. The number of rotatable bonds is 6. The summed E-state index contributed by atoms with van der Waals surface area (Å²) in [6.07, 6.45) is 8.64. The van der Waals surface area contributed by atoms with Gasteiger partial charge in [-0.05, 0) is 117 Å². The third kappa shape index (κ3) is 3.94. The Labute approximate surface area is 194 Å². The standard InChI is InChI=1S/C27H46O5/c1-15(5-8-22(29)16(2)25(31)32)19-6-7-20-24-21(10-12-27(19,20)4)26(3)11-9-18(28)13-17(26)14-23(24)30/h15-24,28-30H,5-14H2,1-4H3,(H,31,32)/t15-,16-,17-,18-,19-,20+,21+,22?,23-,24+,26+,27-/m1/s1. The summed E-state index contributed by atoms with van der Waals surface area (Å²) in [7, 11) is 0. The third-order valence-corrected chi connectivity index (χ3v) is 11.3. The summed E-state index contributed by atoms with van der Waals surface area (Å²) >= 11 is 0. The van der Waals surface area contributed by atoms with Crippen molar-refractivity contribution in [2.45, 2.75) is 110 Å². The Hall–Kier alpha value is -0.650. The van der Waals surface area contributed by atoms with Crippen molar-refractivity contribution in [2.75, 3.05) is 0 Å². The largest absolute Gasteiger partial charge is 0.481 e. The van der Waals surface area contributed by atoms with Gasteiger partial charge in [0.25, 0.3) is 0 Å². The Bertz CT molecular complexity index is 696. The van der Waals surface area contributed by atoms with Crippen LogP contribution in [-0.4, -0.2) is 44.7 Å². The van der Waals surface area contributed by atoms with E-state index in [-0.39, 0.29) is 23.0 Å². The number of carboxylic acids is 1. The maximum Gasteiger partial charge on any atom is 0.308 e. The molecule has 0 aromatic heterocycles. The number of fused-ring (bicyclic) bond motifs is 5. The van der Waals surface area contributed by atoms with Crippen LogP contribution in [0.15, 0.2) is 0 Å². The summed E-state index contributed by atoms with van der Waals surface area (Å²) in [4.78, 5) is 11.2. The number of aliphatic hydroxyl groups is 3. The molecule has 0 saturated heterocycles. The van der Waals surface area contributed by atoms with E-state index in [4.69, 9.17) is 0 Å². The fourth-order valence-corrected chi connectivity index (χ4v) is 9.22. The molecule has 5 heteroatoms. The smallest absolute Gasteiger partial charge is 0.308 e. The van der Waals surface area contributed by atoms with Crippen LogP contribution in [0.3, 0.4) is 0 Å². The van der Waals surface area contributed by atoms with Crippen LogP contribution < -0.4 is 0 Å². The van der Waals surface area contributed by atoms with Gasteiger partial charge in [-0.1, -0.05) is 20.8 Å². The van der Waals surface area contributed by atoms with Gasteiger partial charge in [-0.3, -0.25) is 4.79 Å². The van der Waals surface area contributed by atoms with Crippen LogP contribution in [0.4, 0.5) is 0 Å². The SMILES string of the molecule is C[C@H](CCC(O)[C@@H](C)C(=O)O)[C@H]1CC[C@H]2[C@@H]3[C@H](O)C[C@H]4C[C@H](O)CC[C@]4(C)[C@H]3CC[C@]12C. The van der Waals surface area contributed by atoms with Gasteiger partial charge < -0.3 is 20.4 Å². The normalized spacial score (nSPS) is 48.8. The van der Waals surface area contributed by atoms with Crippen molar-refractivity contribution in [1.29, 1.82) is 0 Å². The van der Waals surface area contributed by atoms with Gasteiger partial charge in [-0.25, -0.2) is 0 Å². The molecule has 0 aromatic rings. The number of carbonyl (C=O) groups is 1. The molecule has 4 rings (SSSR count). The van der Waals surface area contributed by atoms with Gasteiger partial charge in [-0.2, -0.15) is 0 Å². The molecular weight excluding hydrogens is 404 g/mol. The van der Waals surface area contributed by atoms with Crippen LogP contribution >= 0.6 is 0 Å². The predicted octanol–water partition coefficient (Wildman–Crippen LogP) is 4.47. The Kier molecular flexibility index (Phi) is 6.77. The summed E-state index contributed by atoms with van der Waals surface area (Å²) in [5, 5.41) is 41.1. The number of aliphatic carboxylic acids is 1. The first-order chi connectivity index (χ1) is 15.0. The minimum Gasteiger partial charge on any atom is -0.481 e. The highest BCUT2D eigenvalue weighted by atomic mass is 16.4. The van der Waals surface area contributed by atoms with Gasteiger partial charge in [0.15, 0.2) is 0 Å². The Morgan fingerprint density at radius 3 is 2.28 bits per heavy atom. The fourth-order valence-electron chi connectivity index (χ4n) is 9.22. The molecule has 4 N–H and O–H groups in total. The zero-order valence-corrected chi connectivity index (χ0v) is 20.5. The molecule has 0 aliphatic heterocycles. The second-order valence-corrected chi connectivity index (χ2v) is 12.7. The molecule has 4 fully saturated rings. The molecule has 4 saturated carbocycles. The monoisotopic (exact) mass is 450 g/mol. The van der Waals surface area contributed by atoms with Gasteiger partial charge in [0.1, 0.15) is 0 Å². The van der Waals surface area contributed by atoms with E-state index in [1.807, 2.05) is 0 Å². The first kappa shape index (κ1) is 24.5. The molecule has 5 nitrogen and oxygen atoms in total. The topological polar surface area (TPSA) is 98.0 Å². The average Bonchev–Trinajstić information content (AvgIpc) is 3.09. The van der Waals surface area contributed by atoms with E-state index in [1.165, 1.54) is 25.7 Å². The molecule has 12 atom stereocenters. The van der Waals surface area contributed by atoms with Crippen molar-refractivity contribution in [3.63, 3.8) is 0 Å². The molecule has 0 aromatic carbocycles. The highest BCUT2D eigenvalue weighted by Crippen LogP contribution is 2.68. The maximum atomic E-state index is 11.3. The molecule has 0 bridgehead atoms. The molecule has 4 aliphatic carbocycles. The molecule has 0 heterocycles. The molecule has 4 aliphatic rings. The minimum atomic E-state index is -0.926. The molecule has 1 unspecified atom stereocenters. The number of hydrogen-bond donors (Lipinski definition) is 4. The van der Waals surface area contributed by atoms with Crippen molar-refractivity contribution < 1.29 is 25.2 Å². The minimum absolute atomic E-state index is 0.193. The molecule has 184 valence electrons. The van der Waals surface area contributed by atoms with Crippen molar-refractivity contribution >= 4 is 5.97 Å². The molecule has 0 amide bonds. The highest BCUT2D eigenvalue weighted by Gasteiger charge is 2.62. The van der Waals surface area contributed by atoms with Gasteiger partial charge >= 0.3 is 5.97 Å². The fraction of sp³-hybridized carbons (Fsp3) is 0.963. The Balaban J connectivity index is 1.47. The average molecular weight is 451 g/mol. The van der Waals surface area contributed by atoms with E-state index in [2.05, 4.69) is 20.8 Å². The van der Waals surface area contributed by atoms with E-state index in [0.717, 1.165) is 32.1 Å². The van der Waals surface area contributed by atoms with Crippen molar-refractivity contribution in [1.82, 2.24) is 0 Å². The second-order valence-electron chi connectivity index (χ2n) is 12.7. The first-order valence-electron chi connectivity index (χ1n) is 13.3. The van der Waals surface area contributed by atoms with Gasteiger partial charge in [-0.15, -0.1) is 0 Å². The number of hydrogen-bond acceptors (Lipinski definition) is 4. The summed E-state index contributed by atoms with van der Waals surface area (Å²) in [6, 6.07) is 0. The molecule has 32 heavy (non-hydrogen) atoms. The van der Waals surface area contributed by atoms with Crippen molar-refractivity contribution in [3.05, 3.63) is 0 Å². The van der Waals surface area contributed by atoms with E-state index in [1.54, 1.807) is 6.92 Å². The molecule has 0 spiro atoms. The van der Waals surface area contributed by atoms with E-state index < -0.39 is 18.0 Å². The van der Waals surface area contributed by atoms with E-state index >= 15 is 0 Å². The van der Waals surface area contributed by atoms with Crippen LogP contribution in [-0.2, 0) is 4.79 Å². The van der Waals surface area contributed by atoms with Crippen LogP contribution in [0.1, 0.15) is 91.9 Å². The Morgan fingerprint density at radius 2 is 1.59 bits per heavy atom. The molecular formula is C27H46O5. The lowest BCUT2D eigenvalue weighted by Crippen LogP contribution is -2.58. The van der Waals surface area contributed by atoms with E-state index in [9.17, 15) is 25.2 Å². The summed E-state index contributed by atoms with van der Waals surface area (Å²) in [5.41, 5.74) is 0.480. The third-order valence-electron chi connectivity index (χ3n) is 11.3. The van der Waals surface area contributed by atoms with Crippen LogP contribution in [0.25, 0.3) is 0 Å². The lowest BCUT2D eigenvalue weighted by atomic mass is 9.43. The second kappa shape index (κ2) is 8.85. The van der Waals surface area contributed by atoms with Crippen LogP contribution in [0, 0.1) is 52.3 Å².